The molecule has 1 atom stereocenters. The number of aromatic nitrogens is 1. The van der Waals surface area contributed by atoms with E-state index in [0.29, 0.717) is 5.01 Å². The molecule has 0 spiro atoms. The van der Waals surface area contributed by atoms with E-state index in [1.807, 2.05) is 0 Å². The number of hydrogen-bond donors (Lipinski definition) is 1. The lowest BCUT2D eigenvalue weighted by molar-refractivity contribution is -0.142. The van der Waals surface area contributed by atoms with Crippen LogP contribution in [0.1, 0.15) is 31.8 Å². The second-order valence-corrected chi connectivity index (χ2v) is 5.63. The molecular formula is C11H16N2O4S. The molecule has 0 bridgehead atoms. The van der Waals surface area contributed by atoms with Gasteiger partial charge in [0.1, 0.15) is 10.6 Å². The van der Waals surface area contributed by atoms with Crippen molar-refractivity contribution in [1.29, 1.82) is 0 Å². The zero-order valence-corrected chi connectivity index (χ0v) is 11.5. The van der Waals surface area contributed by atoms with Crippen LogP contribution in [-0.2, 0) is 9.53 Å². The fourth-order valence-corrected chi connectivity index (χ4v) is 2.02. The molecular weight excluding hydrogens is 256 g/mol. The van der Waals surface area contributed by atoms with Crippen LogP contribution >= 0.6 is 11.3 Å². The fourth-order valence-electron chi connectivity index (χ4n) is 1.25. The Morgan fingerprint density at radius 2 is 2.11 bits per heavy atom. The van der Waals surface area contributed by atoms with Crippen molar-refractivity contribution in [3.8, 4) is 0 Å². The number of carboxylic acid groups (broad SMARTS) is 1. The Morgan fingerprint density at radius 1 is 1.50 bits per heavy atom. The molecule has 0 fully saturated rings. The summed E-state index contributed by atoms with van der Waals surface area (Å²) < 4.78 is 5.13. The highest BCUT2D eigenvalue weighted by Crippen LogP contribution is 2.23. The molecule has 0 aromatic carbocycles. The Labute approximate surface area is 109 Å². The SMILES string of the molecule is CN(C(=O)OC(C)(C)C)C(C(=O)O)c1nccs1. The number of amides is 1. The minimum Gasteiger partial charge on any atom is -0.479 e. The second kappa shape index (κ2) is 5.34. The molecule has 6 nitrogen and oxygen atoms in total. The van der Waals surface area contributed by atoms with Gasteiger partial charge in [-0.15, -0.1) is 11.3 Å². The molecule has 18 heavy (non-hydrogen) atoms. The predicted molar refractivity (Wildman–Crippen MR) is 66.5 cm³/mol. The first-order valence-corrected chi connectivity index (χ1v) is 6.18. The average molecular weight is 272 g/mol. The van der Waals surface area contributed by atoms with E-state index in [1.54, 1.807) is 26.2 Å². The van der Waals surface area contributed by atoms with E-state index in [-0.39, 0.29) is 0 Å². The van der Waals surface area contributed by atoms with Crippen LogP contribution in [0.2, 0.25) is 0 Å². The number of carbonyl (C=O) groups is 2. The van der Waals surface area contributed by atoms with Gasteiger partial charge in [0.25, 0.3) is 0 Å². The van der Waals surface area contributed by atoms with Gasteiger partial charge in [0.15, 0.2) is 6.04 Å². The highest BCUT2D eigenvalue weighted by atomic mass is 32.1. The van der Waals surface area contributed by atoms with Crippen LogP contribution in [0.4, 0.5) is 4.79 Å². The maximum atomic E-state index is 11.8. The topological polar surface area (TPSA) is 79.7 Å². The zero-order chi connectivity index (χ0) is 13.9. The number of thiazole rings is 1. The van der Waals surface area contributed by atoms with Crippen molar-refractivity contribution >= 4 is 23.4 Å². The summed E-state index contributed by atoms with van der Waals surface area (Å²) in [6, 6.07) is -1.13. The number of nitrogens with zero attached hydrogens (tertiary/aromatic N) is 2. The van der Waals surface area contributed by atoms with Crippen molar-refractivity contribution in [1.82, 2.24) is 9.88 Å². The Balaban J connectivity index is 2.88. The summed E-state index contributed by atoms with van der Waals surface area (Å²) in [6.07, 6.45) is 0.809. The van der Waals surface area contributed by atoms with Crippen LogP contribution < -0.4 is 0 Å². The standard InChI is InChI=1S/C11H16N2O4S/c1-11(2,3)17-10(16)13(4)7(9(14)15)8-12-5-6-18-8/h5-7H,1-4H3,(H,14,15). The molecule has 0 aliphatic heterocycles. The average Bonchev–Trinajstić information content (AvgIpc) is 2.67. The van der Waals surface area contributed by atoms with Crippen molar-refractivity contribution in [2.45, 2.75) is 32.4 Å². The molecule has 1 heterocycles. The van der Waals surface area contributed by atoms with Crippen molar-refractivity contribution in [2.75, 3.05) is 7.05 Å². The number of carbonyl (C=O) groups excluding carboxylic acids is 1. The van der Waals surface area contributed by atoms with Gasteiger partial charge in [-0.1, -0.05) is 0 Å². The number of aliphatic carboxylic acids is 1. The Morgan fingerprint density at radius 3 is 2.50 bits per heavy atom. The molecule has 1 aromatic rings. The van der Waals surface area contributed by atoms with Gasteiger partial charge in [0, 0.05) is 18.6 Å². The second-order valence-electron chi connectivity index (χ2n) is 4.70. The van der Waals surface area contributed by atoms with Gasteiger partial charge >= 0.3 is 12.1 Å². The lowest BCUT2D eigenvalue weighted by atomic mass is 10.2. The summed E-state index contributed by atoms with van der Waals surface area (Å²) in [5.74, 6) is -1.14. The Hall–Kier alpha value is -1.63. The summed E-state index contributed by atoms with van der Waals surface area (Å²) in [5, 5.41) is 11.2. The molecule has 0 aliphatic carbocycles. The highest BCUT2D eigenvalue weighted by Gasteiger charge is 2.33. The van der Waals surface area contributed by atoms with Gasteiger partial charge in [-0.25, -0.2) is 14.6 Å². The molecule has 1 aromatic heterocycles. The van der Waals surface area contributed by atoms with E-state index >= 15 is 0 Å². The quantitative estimate of drug-likeness (QED) is 0.911. The first-order chi connectivity index (χ1) is 8.22. The van der Waals surface area contributed by atoms with Gasteiger partial charge in [0.05, 0.1) is 0 Å². The first-order valence-electron chi connectivity index (χ1n) is 5.30. The normalized spacial score (nSPS) is 12.9. The van der Waals surface area contributed by atoms with Crippen LogP contribution in [-0.4, -0.2) is 39.7 Å². The maximum absolute atomic E-state index is 11.8. The van der Waals surface area contributed by atoms with Crippen LogP contribution in [0.25, 0.3) is 0 Å². The minimum absolute atomic E-state index is 0.343. The number of hydrogen-bond acceptors (Lipinski definition) is 5. The van der Waals surface area contributed by atoms with Crippen molar-refractivity contribution < 1.29 is 19.4 Å². The molecule has 1 unspecified atom stereocenters. The van der Waals surface area contributed by atoms with E-state index in [9.17, 15) is 14.7 Å². The number of rotatable bonds is 3. The molecule has 7 heteroatoms. The van der Waals surface area contributed by atoms with E-state index < -0.39 is 23.7 Å². The number of carboxylic acids is 1. The summed E-state index contributed by atoms with van der Waals surface area (Å²) in [7, 11) is 1.38. The zero-order valence-electron chi connectivity index (χ0n) is 10.7. The molecule has 0 saturated carbocycles. The third-order valence-corrected chi connectivity index (χ3v) is 2.82. The first kappa shape index (κ1) is 14.4. The van der Waals surface area contributed by atoms with Gasteiger partial charge < -0.3 is 9.84 Å². The van der Waals surface area contributed by atoms with Crippen molar-refractivity contribution in [3.63, 3.8) is 0 Å². The molecule has 1 amide bonds. The summed E-state index contributed by atoms with van der Waals surface area (Å²) in [4.78, 5) is 28.0. The van der Waals surface area contributed by atoms with Crippen molar-refractivity contribution in [3.05, 3.63) is 16.6 Å². The Bertz CT molecular complexity index is 425. The number of ether oxygens (including phenoxy) is 1. The fraction of sp³-hybridized carbons (Fsp3) is 0.545. The molecule has 1 rings (SSSR count). The van der Waals surface area contributed by atoms with Crippen LogP contribution in [0.15, 0.2) is 11.6 Å². The minimum atomic E-state index is -1.14. The molecule has 0 aliphatic rings. The van der Waals surface area contributed by atoms with Gasteiger partial charge in [-0.3, -0.25) is 4.90 Å². The Kier molecular flexibility index (Phi) is 4.28. The third kappa shape index (κ3) is 3.69. The van der Waals surface area contributed by atoms with E-state index in [0.717, 1.165) is 4.90 Å². The summed E-state index contributed by atoms with van der Waals surface area (Å²) >= 11 is 1.18. The van der Waals surface area contributed by atoms with E-state index in [2.05, 4.69) is 4.98 Å². The highest BCUT2D eigenvalue weighted by molar-refractivity contribution is 7.09. The lowest BCUT2D eigenvalue weighted by Crippen LogP contribution is -2.39. The molecule has 0 saturated heterocycles. The predicted octanol–water partition coefficient (Wildman–Crippen LogP) is 2.14. The van der Waals surface area contributed by atoms with E-state index in [1.165, 1.54) is 24.6 Å². The maximum Gasteiger partial charge on any atom is 0.411 e. The van der Waals surface area contributed by atoms with Gasteiger partial charge in [0.2, 0.25) is 0 Å². The lowest BCUT2D eigenvalue weighted by Gasteiger charge is -2.27. The van der Waals surface area contributed by atoms with Crippen LogP contribution in [0.5, 0.6) is 0 Å². The smallest absolute Gasteiger partial charge is 0.411 e. The largest absolute Gasteiger partial charge is 0.479 e. The van der Waals surface area contributed by atoms with Gasteiger partial charge in [-0.05, 0) is 20.8 Å². The molecule has 1 N–H and O–H groups in total. The van der Waals surface area contributed by atoms with E-state index in [4.69, 9.17) is 4.74 Å². The van der Waals surface area contributed by atoms with Gasteiger partial charge in [-0.2, -0.15) is 0 Å². The monoisotopic (exact) mass is 272 g/mol. The van der Waals surface area contributed by atoms with Crippen molar-refractivity contribution in [2.24, 2.45) is 0 Å². The van der Waals surface area contributed by atoms with Crippen LogP contribution in [0.3, 0.4) is 0 Å². The molecule has 0 radical (unpaired) electrons. The molecule has 100 valence electrons. The van der Waals surface area contributed by atoms with Crippen LogP contribution in [0, 0.1) is 0 Å². The third-order valence-electron chi connectivity index (χ3n) is 1.99. The number of likely N-dealkylation sites (N-methyl/N-ethyl adjacent to an activating group) is 1. The summed E-state index contributed by atoms with van der Waals surface area (Å²) in [6.45, 7) is 5.16. The summed E-state index contributed by atoms with van der Waals surface area (Å²) in [5.41, 5.74) is -0.669.